The third-order valence-electron chi connectivity index (χ3n) is 2.63. The molecule has 3 nitrogen and oxygen atoms in total. The summed E-state index contributed by atoms with van der Waals surface area (Å²) in [6.45, 7) is 1.66. The highest BCUT2D eigenvalue weighted by Crippen LogP contribution is 2.24. The minimum absolute atomic E-state index is 0.0333. The first-order valence-corrected chi connectivity index (χ1v) is 5.34. The third kappa shape index (κ3) is 2.16. The Bertz CT molecular complexity index is 626. The predicted octanol–water partition coefficient (Wildman–Crippen LogP) is 2.54. The summed E-state index contributed by atoms with van der Waals surface area (Å²) in [7, 11) is 1.25. The van der Waals surface area contributed by atoms with E-state index in [-0.39, 0.29) is 17.3 Å². The van der Waals surface area contributed by atoms with Gasteiger partial charge < -0.3 is 4.74 Å². The fraction of sp³-hybridized carbons (Fsp3) is 0.231. The maximum absolute atomic E-state index is 13.8. The number of halogens is 2. The molecule has 0 aliphatic heterocycles. The molecule has 1 heterocycles. The Balaban J connectivity index is 2.71. The topological polar surface area (TPSA) is 39.2 Å². The van der Waals surface area contributed by atoms with Crippen molar-refractivity contribution in [2.75, 3.05) is 7.11 Å². The summed E-state index contributed by atoms with van der Waals surface area (Å²) in [5, 5.41) is 0.0333. The van der Waals surface area contributed by atoms with Crippen LogP contribution in [0.5, 0.6) is 0 Å². The molecule has 0 N–H and O–H groups in total. The van der Waals surface area contributed by atoms with E-state index in [0.717, 1.165) is 12.1 Å². The van der Waals surface area contributed by atoms with Gasteiger partial charge in [0.05, 0.1) is 13.5 Å². The van der Waals surface area contributed by atoms with Crippen LogP contribution in [-0.4, -0.2) is 18.1 Å². The number of carbonyl (C=O) groups is 1. The Hall–Kier alpha value is -2.04. The van der Waals surface area contributed by atoms with Gasteiger partial charge in [-0.15, -0.1) is 0 Å². The molecule has 0 unspecified atom stereocenters. The number of hydrogen-bond acceptors (Lipinski definition) is 3. The Morgan fingerprint density at radius 1 is 1.33 bits per heavy atom. The van der Waals surface area contributed by atoms with Gasteiger partial charge in [-0.25, -0.2) is 13.8 Å². The first-order chi connectivity index (χ1) is 8.52. The van der Waals surface area contributed by atoms with Gasteiger partial charge in [0.1, 0.15) is 17.2 Å². The summed E-state index contributed by atoms with van der Waals surface area (Å²) < 4.78 is 31.9. The smallest absolute Gasteiger partial charge is 0.310 e. The van der Waals surface area contributed by atoms with Crippen LogP contribution in [-0.2, 0) is 16.0 Å². The second kappa shape index (κ2) is 4.68. The number of methoxy groups -OCH3 is 1. The number of aryl methyl sites for hydroxylation is 1. The summed E-state index contributed by atoms with van der Waals surface area (Å²) in [6.07, 6.45) is -0.114. The summed E-state index contributed by atoms with van der Waals surface area (Å²) >= 11 is 0. The van der Waals surface area contributed by atoms with E-state index in [1.54, 1.807) is 13.0 Å². The molecule has 0 amide bonds. The molecular weight excluding hydrogens is 240 g/mol. The van der Waals surface area contributed by atoms with E-state index in [1.165, 1.54) is 7.11 Å². The molecule has 0 bridgehead atoms. The summed E-state index contributed by atoms with van der Waals surface area (Å²) in [6, 6.07) is 3.60. The van der Waals surface area contributed by atoms with Crippen molar-refractivity contribution in [1.82, 2.24) is 4.98 Å². The molecule has 0 aliphatic rings. The SMILES string of the molecule is COC(=O)Cc1cc(C)nc2c(F)ccc(F)c12. The van der Waals surface area contributed by atoms with E-state index in [9.17, 15) is 13.6 Å². The molecule has 5 heteroatoms. The van der Waals surface area contributed by atoms with Crippen molar-refractivity contribution in [2.24, 2.45) is 0 Å². The van der Waals surface area contributed by atoms with Crippen LogP contribution in [0.3, 0.4) is 0 Å². The number of carbonyl (C=O) groups excluding carboxylic acids is 1. The summed E-state index contributed by atoms with van der Waals surface area (Å²) in [5.74, 6) is -1.72. The zero-order valence-electron chi connectivity index (χ0n) is 9.96. The van der Waals surface area contributed by atoms with E-state index in [1.807, 2.05) is 0 Å². The Kier molecular flexibility index (Phi) is 3.23. The molecule has 0 radical (unpaired) electrons. The van der Waals surface area contributed by atoms with Crippen molar-refractivity contribution in [3.63, 3.8) is 0 Å². The van der Waals surface area contributed by atoms with Gasteiger partial charge in [0.25, 0.3) is 0 Å². The average Bonchev–Trinajstić information content (AvgIpc) is 2.33. The highest BCUT2D eigenvalue weighted by atomic mass is 19.1. The van der Waals surface area contributed by atoms with Crippen molar-refractivity contribution < 1.29 is 18.3 Å². The molecule has 0 atom stereocenters. The van der Waals surface area contributed by atoms with Crippen LogP contribution in [0.1, 0.15) is 11.3 Å². The van der Waals surface area contributed by atoms with Gasteiger partial charge in [-0.2, -0.15) is 0 Å². The second-order valence-electron chi connectivity index (χ2n) is 3.93. The zero-order chi connectivity index (χ0) is 13.3. The van der Waals surface area contributed by atoms with E-state index < -0.39 is 17.6 Å². The monoisotopic (exact) mass is 251 g/mol. The number of rotatable bonds is 2. The lowest BCUT2D eigenvalue weighted by molar-refractivity contribution is -0.139. The van der Waals surface area contributed by atoms with Crippen LogP contribution in [0.4, 0.5) is 8.78 Å². The van der Waals surface area contributed by atoms with Gasteiger partial charge >= 0.3 is 5.97 Å². The van der Waals surface area contributed by atoms with Crippen molar-refractivity contribution >= 4 is 16.9 Å². The predicted molar refractivity (Wildman–Crippen MR) is 62.1 cm³/mol. The van der Waals surface area contributed by atoms with Gasteiger partial charge in [0, 0.05) is 11.1 Å². The molecule has 0 saturated carbocycles. The lowest BCUT2D eigenvalue weighted by Gasteiger charge is -2.08. The van der Waals surface area contributed by atoms with Gasteiger partial charge in [-0.3, -0.25) is 4.79 Å². The quantitative estimate of drug-likeness (QED) is 0.770. The van der Waals surface area contributed by atoms with Crippen molar-refractivity contribution in [3.05, 3.63) is 41.1 Å². The zero-order valence-corrected chi connectivity index (χ0v) is 9.96. The van der Waals surface area contributed by atoms with Crippen LogP contribution >= 0.6 is 0 Å². The number of aromatic nitrogens is 1. The fourth-order valence-corrected chi connectivity index (χ4v) is 1.86. The maximum atomic E-state index is 13.8. The number of ether oxygens (including phenoxy) is 1. The molecule has 2 rings (SSSR count). The summed E-state index contributed by atoms with van der Waals surface area (Å²) in [4.78, 5) is 15.2. The fourth-order valence-electron chi connectivity index (χ4n) is 1.86. The van der Waals surface area contributed by atoms with Crippen LogP contribution in [0.15, 0.2) is 18.2 Å². The molecular formula is C13H11F2NO2. The van der Waals surface area contributed by atoms with Gasteiger partial charge in [0.15, 0.2) is 0 Å². The molecule has 1 aromatic carbocycles. The normalized spacial score (nSPS) is 10.7. The first-order valence-electron chi connectivity index (χ1n) is 5.34. The third-order valence-corrected chi connectivity index (χ3v) is 2.63. The minimum Gasteiger partial charge on any atom is -0.469 e. The number of fused-ring (bicyclic) bond motifs is 1. The van der Waals surface area contributed by atoms with Crippen LogP contribution in [0.25, 0.3) is 10.9 Å². The van der Waals surface area contributed by atoms with Crippen LogP contribution in [0, 0.1) is 18.6 Å². The standard InChI is InChI=1S/C13H11F2NO2/c1-7-5-8(6-11(17)18-2)12-9(14)3-4-10(15)13(12)16-7/h3-5H,6H2,1-2H3. The summed E-state index contributed by atoms with van der Waals surface area (Å²) in [5.41, 5.74) is 0.834. The van der Waals surface area contributed by atoms with E-state index in [4.69, 9.17) is 0 Å². The second-order valence-corrected chi connectivity index (χ2v) is 3.93. The molecule has 2 aromatic rings. The largest absolute Gasteiger partial charge is 0.469 e. The van der Waals surface area contributed by atoms with Crippen LogP contribution in [0.2, 0.25) is 0 Å². The Morgan fingerprint density at radius 2 is 2.00 bits per heavy atom. The van der Waals surface area contributed by atoms with E-state index in [2.05, 4.69) is 9.72 Å². The number of benzene rings is 1. The molecule has 0 aliphatic carbocycles. The molecule has 0 fully saturated rings. The molecule has 18 heavy (non-hydrogen) atoms. The number of pyridine rings is 1. The number of esters is 1. The first kappa shape index (κ1) is 12.4. The maximum Gasteiger partial charge on any atom is 0.310 e. The average molecular weight is 251 g/mol. The van der Waals surface area contributed by atoms with E-state index in [0.29, 0.717) is 11.3 Å². The molecule has 0 saturated heterocycles. The Labute approximate surface area is 102 Å². The lowest BCUT2D eigenvalue weighted by Crippen LogP contribution is -2.07. The lowest BCUT2D eigenvalue weighted by atomic mass is 10.0. The van der Waals surface area contributed by atoms with Gasteiger partial charge in [-0.05, 0) is 30.7 Å². The van der Waals surface area contributed by atoms with Crippen molar-refractivity contribution in [2.45, 2.75) is 13.3 Å². The highest BCUT2D eigenvalue weighted by molar-refractivity contribution is 5.87. The molecule has 1 aromatic heterocycles. The highest BCUT2D eigenvalue weighted by Gasteiger charge is 2.15. The molecule has 0 spiro atoms. The molecule has 94 valence electrons. The van der Waals surface area contributed by atoms with Crippen molar-refractivity contribution in [3.8, 4) is 0 Å². The minimum atomic E-state index is -0.610. The van der Waals surface area contributed by atoms with Crippen LogP contribution < -0.4 is 0 Å². The van der Waals surface area contributed by atoms with Crippen molar-refractivity contribution in [1.29, 1.82) is 0 Å². The van der Waals surface area contributed by atoms with Gasteiger partial charge in [0.2, 0.25) is 0 Å². The number of nitrogens with zero attached hydrogens (tertiary/aromatic N) is 1. The van der Waals surface area contributed by atoms with E-state index >= 15 is 0 Å². The Morgan fingerprint density at radius 3 is 2.67 bits per heavy atom. The van der Waals surface area contributed by atoms with Gasteiger partial charge in [-0.1, -0.05) is 0 Å². The number of hydrogen-bond donors (Lipinski definition) is 0.